The maximum absolute atomic E-state index is 10.1. The van der Waals surface area contributed by atoms with E-state index in [9.17, 15) is 4.89 Å². The van der Waals surface area contributed by atoms with Crippen molar-refractivity contribution < 1.29 is 4.89 Å². The summed E-state index contributed by atoms with van der Waals surface area (Å²) in [6.45, 7) is 5.59. The number of hydrogen-bond donors (Lipinski definition) is 1. The third-order valence-corrected chi connectivity index (χ3v) is 5.55. The van der Waals surface area contributed by atoms with Crippen molar-refractivity contribution in [2.45, 2.75) is 0 Å². The Morgan fingerprint density at radius 2 is 1.91 bits per heavy atom. The largest absolute Gasteiger partial charge is 0.353 e. The highest BCUT2D eigenvalue weighted by atomic mass is 31.2. The summed E-state index contributed by atoms with van der Waals surface area (Å²) < 4.78 is 4.10. The molecule has 1 radical (unpaired) electrons. The molecule has 11 heavy (non-hydrogen) atoms. The van der Waals surface area contributed by atoms with Crippen molar-refractivity contribution in [3.8, 4) is 0 Å². The number of likely N-dealkylation sites (N-methyl/N-ethyl adjacent to an activating group) is 2. The molecular formula is C7H16N2OP. The van der Waals surface area contributed by atoms with E-state index in [4.69, 9.17) is 0 Å². The molecular weight excluding hydrogens is 159 g/mol. The van der Waals surface area contributed by atoms with Crippen LogP contribution >= 0.6 is 7.79 Å². The van der Waals surface area contributed by atoms with E-state index in [1.165, 1.54) is 0 Å². The molecule has 65 valence electrons. The van der Waals surface area contributed by atoms with Crippen LogP contribution in [0.25, 0.3) is 0 Å². The van der Waals surface area contributed by atoms with Gasteiger partial charge in [0.1, 0.15) is 7.79 Å². The molecule has 3 nitrogen and oxygen atoms in total. The Bertz CT molecular complexity index is 153. The van der Waals surface area contributed by atoms with Crippen molar-refractivity contribution in [2.75, 3.05) is 33.3 Å². The monoisotopic (exact) mass is 175 g/mol. The highest BCUT2D eigenvalue weighted by Gasteiger charge is 2.38. The number of nitrogens with zero attached hydrogens (tertiary/aromatic N) is 2. The molecule has 0 bridgehead atoms. The summed E-state index contributed by atoms with van der Waals surface area (Å²) in [4.78, 5) is 10.1. The third-order valence-electron chi connectivity index (χ3n) is 2.21. The van der Waals surface area contributed by atoms with E-state index in [-0.39, 0.29) is 0 Å². The van der Waals surface area contributed by atoms with Gasteiger partial charge in [-0.15, -0.1) is 6.58 Å². The first-order valence-electron chi connectivity index (χ1n) is 3.76. The molecule has 4 heteroatoms. The SMILES string of the molecule is C=CC[P]1(O)N(C)CCN1C. The first kappa shape index (κ1) is 9.14. The molecule has 0 spiro atoms. The van der Waals surface area contributed by atoms with Crippen LogP contribution in [0.1, 0.15) is 0 Å². The number of allylic oxidation sites excluding steroid dienone is 1. The molecule has 0 unspecified atom stereocenters. The van der Waals surface area contributed by atoms with E-state index in [0.29, 0.717) is 6.16 Å². The highest BCUT2D eigenvalue weighted by molar-refractivity contribution is 7.66. The minimum atomic E-state index is -1.95. The van der Waals surface area contributed by atoms with Crippen LogP contribution in [-0.4, -0.2) is 47.6 Å². The standard InChI is InChI=1S/C7H16N2OP/c1-4-7-11(10)8(2)5-6-9(11)3/h4,10H,1,5-7H2,2-3H3. The van der Waals surface area contributed by atoms with Gasteiger partial charge in [0.15, 0.2) is 0 Å². The van der Waals surface area contributed by atoms with Crippen LogP contribution in [0.5, 0.6) is 0 Å². The van der Waals surface area contributed by atoms with Crippen LogP contribution in [-0.2, 0) is 0 Å². The van der Waals surface area contributed by atoms with Crippen LogP contribution in [0.3, 0.4) is 0 Å². The predicted octanol–water partition coefficient (Wildman–Crippen LogP) is 0.804. The zero-order valence-electron chi connectivity index (χ0n) is 7.19. The summed E-state index contributed by atoms with van der Waals surface area (Å²) in [5.74, 6) is 0. The van der Waals surface area contributed by atoms with Crippen molar-refractivity contribution in [3.05, 3.63) is 12.7 Å². The van der Waals surface area contributed by atoms with E-state index in [1.807, 2.05) is 14.1 Å². The fourth-order valence-corrected chi connectivity index (χ4v) is 3.57. The average Bonchev–Trinajstić information content (AvgIpc) is 2.19. The molecule has 1 fully saturated rings. The Morgan fingerprint density at radius 3 is 2.27 bits per heavy atom. The van der Waals surface area contributed by atoms with Crippen LogP contribution < -0.4 is 0 Å². The smallest absolute Gasteiger partial charge is 0.115 e. The average molecular weight is 175 g/mol. The quantitative estimate of drug-likeness (QED) is 0.497. The van der Waals surface area contributed by atoms with Crippen molar-refractivity contribution >= 4 is 7.79 Å². The Labute approximate surface area is 68.8 Å². The van der Waals surface area contributed by atoms with E-state index < -0.39 is 7.79 Å². The number of rotatable bonds is 2. The second-order valence-corrected chi connectivity index (χ2v) is 6.04. The third kappa shape index (κ3) is 1.47. The molecule has 1 aliphatic heterocycles. The van der Waals surface area contributed by atoms with Gasteiger partial charge in [-0.1, -0.05) is 6.08 Å². The Hall–Kier alpha value is 0.0500. The van der Waals surface area contributed by atoms with Crippen LogP contribution in [0.15, 0.2) is 12.7 Å². The van der Waals surface area contributed by atoms with E-state index in [2.05, 4.69) is 15.9 Å². The highest BCUT2D eigenvalue weighted by Crippen LogP contribution is 2.62. The van der Waals surface area contributed by atoms with Crippen molar-refractivity contribution in [3.63, 3.8) is 0 Å². The molecule has 1 aliphatic rings. The van der Waals surface area contributed by atoms with Gasteiger partial charge in [0, 0.05) is 19.3 Å². The minimum Gasteiger partial charge on any atom is -0.353 e. The summed E-state index contributed by atoms with van der Waals surface area (Å²) in [6, 6.07) is 0. The van der Waals surface area contributed by atoms with Gasteiger partial charge in [-0.3, -0.25) is 9.34 Å². The van der Waals surface area contributed by atoms with E-state index >= 15 is 0 Å². The van der Waals surface area contributed by atoms with Crippen LogP contribution in [0.2, 0.25) is 0 Å². The fourth-order valence-electron chi connectivity index (χ4n) is 1.32. The lowest BCUT2D eigenvalue weighted by molar-refractivity contribution is 0.465. The Balaban J connectivity index is 2.70. The summed E-state index contributed by atoms with van der Waals surface area (Å²) in [7, 11) is 1.99. The Kier molecular flexibility index (Phi) is 2.66. The van der Waals surface area contributed by atoms with Gasteiger partial charge in [0.2, 0.25) is 0 Å². The van der Waals surface area contributed by atoms with Gasteiger partial charge in [0.25, 0.3) is 0 Å². The van der Waals surface area contributed by atoms with Crippen molar-refractivity contribution in [1.82, 2.24) is 9.34 Å². The van der Waals surface area contributed by atoms with E-state index in [0.717, 1.165) is 13.1 Å². The summed E-state index contributed by atoms with van der Waals surface area (Å²) in [5.41, 5.74) is 0. The molecule has 0 saturated carbocycles. The molecule has 1 heterocycles. The summed E-state index contributed by atoms with van der Waals surface area (Å²) >= 11 is 0. The second kappa shape index (κ2) is 3.20. The van der Waals surface area contributed by atoms with Crippen molar-refractivity contribution in [1.29, 1.82) is 0 Å². The lowest BCUT2D eigenvalue weighted by atomic mass is 10.6. The summed E-state index contributed by atoms with van der Waals surface area (Å²) in [5, 5.41) is 0. The van der Waals surface area contributed by atoms with Gasteiger partial charge >= 0.3 is 0 Å². The normalized spacial score (nSPS) is 25.7. The van der Waals surface area contributed by atoms with Gasteiger partial charge in [-0.2, -0.15) is 0 Å². The minimum absolute atomic E-state index is 0.708. The Morgan fingerprint density at radius 1 is 1.45 bits per heavy atom. The first-order valence-corrected chi connectivity index (χ1v) is 5.59. The zero-order chi connectivity index (χ0) is 8.48. The molecule has 0 atom stereocenters. The fraction of sp³-hybridized carbons (Fsp3) is 0.714. The van der Waals surface area contributed by atoms with Crippen molar-refractivity contribution in [2.24, 2.45) is 0 Å². The maximum atomic E-state index is 10.1. The molecule has 0 amide bonds. The van der Waals surface area contributed by atoms with Crippen LogP contribution in [0, 0.1) is 0 Å². The number of hydrogen-bond acceptors (Lipinski definition) is 3. The van der Waals surface area contributed by atoms with Gasteiger partial charge < -0.3 is 4.89 Å². The van der Waals surface area contributed by atoms with E-state index in [1.54, 1.807) is 6.08 Å². The van der Waals surface area contributed by atoms with Gasteiger partial charge in [0.05, 0.1) is 0 Å². The van der Waals surface area contributed by atoms with Gasteiger partial charge in [-0.05, 0) is 14.1 Å². The first-order chi connectivity index (χ1) is 5.11. The lowest BCUT2D eigenvalue weighted by Crippen LogP contribution is -2.21. The van der Waals surface area contributed by atoms with Crippen LogP contribution in [0.4, 0.5) is 0 Å². The maximum Gasteiger partial charge on any atom is 0.115 e. The lowest BCUT2D eigenvalue weighted by Gasteiger charge is -2.36. The molecule has 0 aromatic rings. The summed E-state index contributed by atoms with van der Waals surface area (Å²) in [6.07, 6.45) is 2.51. The predicted molar refractivity (Wildman–Crippen MR) is 49.5 cm³/mol. The molecule has 0 aromatic heterocycles. The zero-order valence-corrected chi connectivity index (χ0v) is 8.09. The molecule has 1 saturated heterocycles. The van der Waals surface area contributed by atoms with Gasteiger partial charge in [-0.25, -0.2) is 0 Å². The topological polar surface area (TPSA) is 26.7 Å². The molecule has 1 N–H and O–H groups in total. The molecule has 0 aliphatic carbocycles. The molecule has 1 rings (SSSR count). The molecule has 0 aromatic carbocycles. The second-order valence-electron chi connectivity index (χ2n) is 2.93.